The molecule has 0 aromatic carbocycles. The van der Waals surface area contributed by atoms with Crippen molar-refractivity contribution in [1.82, 2.24) is 0 Å². The molecule has 0 spiro atoms. The molecule has 0 amide bonds. The highest BCUT2D eigenvalue weighted by Crippen LogP contribution is 2.16. The predicted molar refractivity (Wildman–Crippen MR) is 43.1 cm³/mol. The summed E-state index contributed by atoms with van der Waals surface area (Å²) >= 11 is 0. The lowest BCUT2D eigenvalue weighted by atomic mass is 9.94. The van der Waals surface area contributed by atoms with Gasteiger partial charge in [0.15, 0.2) is 5.78 Å². The number of carbonyl (C=O) groups is 1. The average Bonchev–Trinajstić information content (AvgIpc) is 1.94. The average molecular weight is 152 g/mol. The SMILES string of the molecule is CC(=O)C1=CC(C)C(O)C=C1. The third-order valence-electron chi connectivity index (χ3n) is 1.86. The zero-order valence-electron chi connectivity index (χ0n) is 6.74. The first kappa shape index (κ1) is 8.21. The van der Waals surface area contributed by atoms with E-state index in [9.17, 15) is 9.90 Å². The summed E-state index contributed by atoms with van der Waals surface area (Å²) in [6.45, 7) is 3.41. The maximum Gasteiger partial charge on any atom is 0.159 e. The Morgan fingerprint density at radius 2 is 2.27 bits per heavy atom. The van der Waals surface area contributed by atoms with Gasteiger partial charge in [0.05, 0.1) is 6.10 Å². The van der Waals surface area contributed by atoms with Gasteiger partial charge < -0.3 is 5.11 Å². The van der Waals surface area contributed by atoms with Gasteiger partial charge in [0.2, 0.25) is 0 Å². The first-order valence-electron chi connectivity index (χ1n) is 3.70. The van der Waals surface area contributed by atoms with Crippen LogP contribution in [0, 0.1) is 5.92 Å². The Hall–Kier alpha value is -0.890. The van der Waals surface area contributed by atoms with Crippen LogP contribution in [0.4, 0.5) is 0 Å². The summed E-state index contributed by atoms with van der Waals surface area (Å²) in [4.78, 5) is 10.8. The molecule has 0 aliphatic heterocycles. The molecule has 0 saturated carbocycles. The lowest BCUT2D eigenvalue weighted by Gasteiger charge is -2.16. The fourth-order valence-electron chi connectivity index (χ4n) is 1.05. The second-order valence-corrected chi connectivity index (χ2v) is 2.89. The molecule has 2 atom stereocenters. The minimum absolute atomic E-state index is 0.0545. The molecule has 1 N–H and O–H groups in total. The van der Waals surface area contributed by atoms with Crippen molar-refractivity contribution in [3.05, 3.63) is 23.8 Å². The van der Waals surface area contributed by atoms with E-state index < -0.39 is 6.10 Å². The molecule has 1 aliphatic carbocycles. The van der Waals surface area contributed by atoms with Crippen LogP contribution in [0.1, 0.15) is 13.8 Å². The maximum absolute atomic E-state index is 10.8. The van der Waals surface area contributed by atoms with Crippen LogP contribution in [0.15, 0.2) is 23.8 Å². The molecule has 0 bridgehead atoms. The highest BCUT2D eigenvalue weighted by atomic mass is 16.3. The van der Waals surface area contributed by atoms with Crippen molar-refractivity contribution in [2.24, 2.45) is 5.92 Å². The summed E-state index contributed by atoms with van der Waals surface area (Å²) in [5.41, 5.74) is 0.697. The van der Waals surface area contributed by atoms with Gasteiger partial charge in [0.25, 0.3) is 0 Å². The van der Waals surface area contributed by atoms with Gasteiger partial charge in [-0.1, -0.05) is 25.2 Å². The Balaban J connectivity index is 2.80. The van der Waals surface area contributed by atoms with E-state index in [2.05, 4.69) is 0 Å². The van der Waals surface area contributed by atoms with Gasteiger partial charge in [0, 0.05) is 11.5 Å². The van der Waals surface area contributed by atoms with Gasteiger partial charge >= 0.3 is 0 Å². The molecule has 0 aromatic heterocycles. The van der Waals surface area contributed by atoms with Crippen LogP contribution in [-0.2, 0) is 4.79 Å². The number of aliphatic hydroxyl groups excluding tert-OH is 1. The zero-order chi connectivity index (χ0) is 8.43. The minimum atomic E-state index is -0.432. The Morgan fingerprint density at radius 1 is 1.64 bits per heavy atom. The highest BCUT2D eigenvalue weighted by Gasteiger charge is 2.14. The van der Waals surface area contributed by atoms with Gasteiger partial charge in [-0.3, -0.25) is 4.79 Å². The van der Waals surface area contributed by atoms with Crippen LogP contribution >= 0.6 is 0 Å². The summed E-state index contributed by atoms with van der Waals surface area (Å²) in [5.74, 6) is 0.110. The van der Waals surface area contributed by atoms with E-state index in [4.69, 9.17) is 0 Å². The summed E-state index contributed by atoms with van der Waals surface area (Å²) in [6.07, 6.45) is 4.69. The third-order valence-corrected chi connectivity index (χ3v) is 1.86. The maximum atomic E-state index is 10.8. The lowest BCUT2D eigenvalue weighted by molar-refractivity contribution is -0.113. The van der Waals surface area contributed by atoms with E-state index in [1.807, 2.05) is 6.92 Å². The highest BCUT2D eigenvalue weighted by molar-refractivity contribution is 5.96. The minimum Gasteiger partial charge on any atom is -0.388 e. The second kappa shape index (κ2) is 3.01. The first-order chi connectivity index (χ1) is 5.11. The molecule has 0 fully saturated rings. The van der Waals surface area contributed by atoms with Crippen molar-refractivity contribution in [1.29, 1.82) is 0 Å². The van der Waals surface area contributed by atoms with Crippen molar-refractivity contribution in [2.75, 3.05) is 0 Å². The number of hydrogen-bond donors (Lipinski definition) is 1. The molecule has 11 heavy (non-hydrogen) atoms. The van der Waals surface area contributed by atoms with Crippen LogP contribution in [0.5, 0.6) is 0 Å². The van der Waals surface area contributed by atoms with Gasteiger partial charge in [0.1, 0.15) is 0 Å². The predicted octanol–water partition coefficient (Wildman–Crippen LogP) is 1.07. The number of carbonyl (C=O) groups excluding carboxylic acids is 1. The van der Waals surface area contributed by atoms with Crippen LogP contribution in [0.25, 0.3) is 0 Å². The smallest absolute Gasteiger partial charge is 0.159 e. The van der Waals surface area contributed by atoms with Crippen LogP contribution < -0.4 is 0 Å². The van der Waals surface area contributed by atoms with E-state index >= 15 is 0 Å². The van der Waals surface area contributed by atoms with E-state index in [0.717, 1.165) is 0 Å². The molecule has 1 rings (SSSR count). The van der Waals surface area contributed by atoms with E-state index in [1.54, 1.807) is 18.2 Å². The largest absolute Gasteiger partial charge is 0.388 e. The van der Waals surface area contributed by atoms with Gasteiger partial charge in [-0.2, -0.15) is 0 Å². The molecule has 0 heterocycles. The molecule has 2 nitrogen and oxygen atoms in total. The molecule has 0 aromatic rings. The van der Waals surface area contributed by atoms with Crippen LogP contribution in [0.3, 0.4) is 0 Å². The number of allylic oxidation sites excluding steroid dienone is 2. The summed E-state index contributed by atoms with van der Waals surface area (Å²) in [5, 5.41) is 9.23. The van der Waals surface area contributed by atoms with Crippen molar-refractivity contribution in [3.8, 4) is 0 Å². The van der Waals surface area contributed by atoms with Crippen LogP contribution in [0.2, 0.25) is 0 Å². The number of aliphatic hydroxyl groups is 1. The normalized spacial score (nSPS) is 29.9. The molecule has 60 valence electrons. The van der Waals surface area contributed by atoms with Crippen LogP contribution in [-0.4, -0.2) is 17.0 Å². The zero-order valence-corrected chi connectivity index (χ0v) is 6.74. The van der Waals surface area contributed by atoms with E-state index in [-0.39, 0.29) is 11.7 Å². The topological polar surface area (TPSA) is 37.3 Å². The van der Waals surface area contributed by atoms with Gasteiger partial charge in [-0.25, -0.2) is 0 Å². The molecular weight excluding hydrogens is 140 g/mol. The second-order valence-electron chi connectivity index (χ2n) is 2.89. The monoisotopic (exact) mass is 152 g/mol. The van der Waals surface area contributed by atoms with Crippen molar-refractivity contribution in [3.63, 3.8) is 0 Å². The molecule has 2 unspecified atom stereocenters. The summed E-state index contributed by atoms with van der Waals surface area (Å²) < 4.78 is 0. The fourth-order valence-corrected chi connectivity index (χ4v) is 1.05. The lowest BCUT2D eigenvalue weighted by Crippen LogP contribution is -2.17. The number of Topliss-reactive ketones (excluding diaryl/α,β-unsaturated/α-hetero) is 1. The van der Waals surface area contributed by atoms with Crippen molar-refractivity contribution >= 4 is 5.78 Å². The Labute approximate surface area is 66.2 Å². The Kier molecular flexibility index (Phi) is 2.25. The standard InChI is InChI=1S/C9H12O2/c1-6-5-8(7(2)10)3-4-9(6)11/h3-6,9,11H,1-2H3. The van der Waals surface area contributed by atoms with E-state index in [1.165, 1.54) is 6.92 Å². The fraction of sp³-hybridized carbons (Fsp3) is 0.444. The summed E-state index contributed by atoms with van der Waals surface area (Å²) in [7, 11) is 0. The molecule has 1 aliphatic rings. The Bertz CT molecular complexity index is 226. The summed E-state index contributed by atoms with van der Waals surface area (Å²) in [6, 6.07) is 0. The molecule has 2 heteroatoms. The van der Waals surface area contributed by atoms with Crippen molar-refractivity contribution in [2.45, 2.75) is 20.0 Å². The van der Waals surface area contributed by atoms with Crippen molar-refractivity contribution < 1.29 is 9.90 Å². The number of hydrogen-bond acceptors (Lipinski definition) is 2. The number of ketones is 1. The van der Waals surface area contributed by atoms with E-state index in [0.29, 0.717) is 5.57 Å². The molecule has 0 radical (unpaired) electrons. The number of rotatable bonds is 1. The third kappa shape index (κ3) is 1.77. The quantitative estimate of drug-likeness (QED) is 0.610. The van der Waals surface area contributed by atoms with Gasteiger partial charge in [-0.15, -0.1) is 0 Å². The molecule has 0 saturated heterocycles. The molecular formula is C9H12O2. The Morgan fingerprint density at radius 3 is 2.73 bits per heavy atom. The van der Waals surface area contributed by atoms with Gasteiger partial charge in [-0.05, 0) is 6.92 Å². The first-order valence-corrected chi connectivity index (χ1v) is 3.70.